The van der Waals surface area contributed by atoms with E-state index in [0.717, 1.165) is 5.01 Å². The summed E-state index contributed by atoms with van der Waals surface area (Å²) < 4.78 is 0. The zero-order valence-corrected chi connectivity index (χ0v) is 7.91. The Hall–Kier alpha value is -2.57. The maximum atomic E-state index is 10.9. The molecule has 0 saturated carbocycles. The van der Waals surface area contributed by atoms with E-state index in [4.69, 9.17) is 10.2 Å². The second-order valence-electron chi connectivity index (χ2n) is 3.02. The Labute approximate surface area is 89.7 Å². The number of allylic oxidation sites excluding steroid dienone is 2. The molecule has 0 saturated heterocycles. The molecular weight excluding hydrogens is 214 g/mol. The van der Waals surface area contributed by atoms with Gasteiger partial charge < -0.3 is 10.2 Å². The zero-order valence-electron chi connectivity index (χ0n) is 7.91. The molecule has 0 aromatic carbocycles. The van der Waals surface area contributed by atoms with Crippen LogP contribution in [0.3, 0.4) is 0 Å². The molecule has 0 radical (unpaired) electrons. The Morgan fingerprint density at radius 2 is 2.06 bits per heavy atom. The third-order valence-corrected chi connectivity index (χ3v) is 2.00. The summed E-state index contributed by atoms with van der Waals surface area (Å²) in [6.45, 7) is 0. The topological polar surface area (TPSA) is 102 Å². The van der Waals surface area contributed by atoms with Gasteiger partial charge in [0.15, 0.2) is 0 Å². The van der Waals surface area contributed by atoms with Gasteiger partial charge in [-0.15, -0.1) is 0 Å². The monoisotopic (exact) mass is 221 g/mol. The first-order valence-corrected chi connectivity index (χ1v) is 4.28. The average Bonchev–Trinajstić information content (AvgIpc) is 2.52. The smallest absolute Gasteiger partial charge is 0.354 e. The Balaban J connectivity index is 2.39. The van der Waals surface area contributed by atoms with Gasteiger partial charge in [-0.25, -0.2) is 14.6 Å². The van der Waals surface area contributed by atoms with Crippen molar-refractivity contribution >= 4 is 18.2 Å². The molecule has 0 aliphatic carbocycles. The van der Waals surface area contributed by atoms with E-state index in [1.165, 1.54) is 24.6 Å². The van der Waals surface area contributed by atoms with E-state index in [1.54, 1.807) is 0 Å². The van der Waals surface area contributed by atoms with Crippen LogP contribution in [-0.4, -0.2) is 33.4 Å². The highest BCUT2D eigenvalue weighted by atomic mass is 16.4. The first-order chi connectivity index (χ1) is 7.59. The lowest BCUT2D eigenvalue weighted by molar-refractivity contribution is -0.136. The first-order valence-electron chi connectivity index (χ1n) is 4.28. The molecule has 0 aromatic rings. The quantitative estimate of drug-likeness (QED) is 0.590. The van der Waals surface area contributed by atoms with Crippen LogP contribution in [0.2, 0.25) is 0 Å². The fourth-order valence-electron chi connectivity index (χ4n) is 1.31. The summed E-state index contributed by atoms with van der Waals surface area (Å²) in [5.41, 5.74) is 2.62. The summed E-state index contributed by atoms with van der Waals surface area (Å²) in [6.07, 6.45) is 5.28. The number of hydrogen-bond donors (Lipinski definition) is 3. The van der Waals surface area contributed by atoms with Crippen molar-refractivity contribution < 1.29 is 19.8 Å². The number of carboxylic acids is 2. The largest absolute Gasteiger partial charge is 0.477 e. The van der Waals surface area contributed by atoms with Crippen molar-refractivity contribution in [2.45, 2.75) is 0 Å². The Morgan fingerprint density at radius 1 is 1.31 bits per heavy atom. The van der Waals surface area contributed by atoms with Gasteiger partial charge in [-0.05, 0) is 12.2 Å². The van der Waals surface area contributed by atoms with Gasteiger partial charge >= 0.3 is 11.9 Å². The molecule has 0 fully saturated rings. The predicted octanol–water partition coefficient (Wildman–Crippen LogP) is -0.331. The molecule has 0 amide bonds. The molecule has 2 aliphatic heterocycles. The number of carboxylic acid groups (broad SMARTS) is 2. The highest BCUT2D eigenvalue weighted by Crippen LogP contribution is 2.21. The fourth-order valence-corrected chi connectivity index (χ4v) is 1.31. The fraction of sp³-hybridized carbons (Fsp3) is 0. The lowest BCUT2D eigenvalue weighted by atomic mass is 10.3. The van der Waals surface area contributed by atoms with Crippen LogP contribution >= 0.6 is 0 Å². The maximum Gasteiger partial charge on any atom is 0.354 e. The summed E-state index contributed by atoms with van der Waals surface area (Å²) in [7, 11) is 0. The number of nitrogens with zero attached hydrogens (tertiary/aromatic N) is 2. The van der Waals surface area contributed by atoms with Gasteiger partial charge in [0.25, 0.3) is 0 Å². The van der Waals surface area contributed by atoms with E-state index in [2.05, 4.69) is 10.4 Å². The van der Waals surface area contributed by atoms with E-state index in [9.17, 15) is 9.59 Å². The van der Waals surface area contributed by atoms with E-state index in [1.807, 2.05) is 0 Å². The normalized spacial score (nSPS) is 17.8. The number of aliphatic imine (C=N–C) groups is 1. The van der Waals surface area contributed by atoms with Gasteiger partial charge in [0.05, 0.1) is 11.9 Å². The summed E-state index contributed by atoms with van der Waals surface area (Å²) in [6, 6.07) is 0. The van der Waals surface area contributed by atoms with Crippen LogP contribution in [0.4, 0.5) is 0 Å². The molecule has 82 valence electrons. The third kappa shape index (κ3) is 1.54. The molecule has 0 atom stereocenters. The summed E-state index contributed by atoms with van der Waals surface area (Å²) >= 11 is 0. The Bertz CT molecular complexity index is 487. The lowest BCUT2D eigenvalue weighted by Gasteiger charge is -2.19. The van der Waals surface area contributed by atoms with Gasteiger partial charge in [0, 0.05) is 6.21 Å². The van der Waals surface area contributed by atoms with Crippen LogP contribution in [0.15, 0.2) is 40.4 Å². The molecule has 7 heteroatoms. The second kappa shape index (κ2) is 3.54. The summed E-state index contributed by atoms with van der Waals surface area (Å²) in [4.78, 5) is 25.4. The minimum absolute atomic E-state index is 0.0972. The highest BCUT2D eigenvalue weighted by molar-refractivity contribution is 5.94. The van der Waals surface area contributed by atoms with E-state index in [-0.39, 0.29) is 11.4 Å². The predicted molar refractivity (Wildman–Crippen MR) is 53.0 cm³/mol. The van der Waals surface area contributed by atoms with Gasteiger partial charge in [-0.3, -0.25) is 10.4 Å². The molecule has 7 nitrogen and oxygen atoms in total. The summed E-state index contributed by atoms with van der Waals surface area (Å²) in [5.74, 6) is -2.34. The molecule has 0 bridgehead atoms. The van der Waals surface area contributed by atoms with Crippen LogP contribution in [0, 0.1) is 0 Å². The minimum Gasteiger partial charge on any atom is -0.477 e. The molecule has 0 spiro atoms. The van der Waals surface area contributed by atoms with Gasteiger partial charge in [0.1, 0.15) is 11.4 Å². The van der Waals surface area contributed by atoms with Crippen molar-refractivity contribution in [2.24, 2.45) is 4.99 Å². The number of nitrogens with one attached hydrogen (secondary N) is 1. The van der Waals surface area contributed by atoms with E-state index in [0.29, 0.717) is 5.70 Å². The molecule has 2 heterocycles. The van der Waals surface area contributed by atoms with Crippen LogP contribution < -0.4 is 5.43 Å². The number of fused-ring (bicyclic) bond motifs is 1. The van der Waals surface area contributed by atoms with E-state index < -0.39 is 11.9 Å². The Morgan fingerprint density at radius 3 is 2.69 bits per heavy atom. The molecular formula is C9H7N3O4. The number of carbonyl (C=O) groups is 2. The van der Waals surface area contributed by atoms with Crippen molar-refractivity contribution in [1.82, 2.24) is 10.4 Å². The average molecular weight is 221 g/mol. The van der Waals surface area contributed by atoms with Crippen LogP contribution in [-0.2, 0) is 9.59 Å². The first kappa shape index (κ1) is 9.97. The molecule has 0 unspecified atom stereocenters. The zero-order chi connectivity index (χ0) is 11.7. The van der Waals surface area contributed by atoms with Crippen molar-refractivity contribution in [1.29, 1.82) is 0 Å². The molecule has 2 rings (SSSR count). The number of hydrogen-bond acceptors (Lipinski definition) is 5. The van der Waals surface area contributed by atoms with Gasteiger partial charge in [-0.1, -0.05) is 0 Å². The minimum atomic E-state index is -1.17. The van der Waals surface area contributed by atoms with Crippen LogP contribution in [0.1, 0.15) is 0 Å². The van der Waals surface area contributed by atoms with Crippen molar-refractivity contribution in [2.75, 3.05) is 0 Å². The number of rotatable bonds is 2. The third-order valence-electron chi connectivity index (χ3n) is 2.00. The number of hydrazine groups is 1. The van der Waals surface area contributed by atoms with Crippen molar-refractivity contribution in [3.8, 4) is 0 Å². The SMILES string of the molecule is O=C(O)C1=CC2=CN=CC=C(C(=O)O)N2N1. The van der Waals surface area contributed by atoms with Gasteiger partial charge in [-0.2, -0.15) is 0 Å². The van der Waals surface area contributed by atoms with E-state index >= 15 is 0 Å². The highest BCUT2D eigenvalue weighted by Gasteiger charge is 2.28. The van der Waals surface area contributed by atoms with Crippen LogP contribution in [0.5, 0.6) is 0 Å². The standard InChI is InChI=1S/C9H7N3O4/c13-8(14)6-3-5-4-10-2-1-7(9(15)16)12(5)11-6/h1-4,11H,(H,13,14)(H,15,16). The molecule has 3 N–H and O–H groups in total. The molecule has 16 heavy (non-hydrogen) atoms. The maximum absolute atomic E-state index is 10.9. The molecule has 0 aromatic heterocycles. The second-order valence-corrected chi connectivity index (χ2v) is 3.02. The van der Waals surface area contributed by atoms with Crippen LogP contribution in [0.25, 0.3) is 0 Å². The van der Waals surface area contributed by atoms with Crippen molar-refractivity contribution in [3.05, 3.63) is 35.4 Å². The molecule has 2 aliphatic rings. The van der Waals surface area contributed by atoms with Gasteiger partial charge in [0.2, 0.25) is 0 Å². The summed E-state index contributed by atoms with van der Waals surface area (Å²) in [5, 5.41) is 18.8. The Kier molecular flexibility index (Phi) is 2.20. The lowest BCUT2D eigenvalue weighted by Crippen LogP contribution is -2.35. The van der Waals surface area contributed by atoms with Crippen molar-refractivity contribution in [3.63, 3.8) is 0 Å². The number of aliphatic carboxylic acids is 2.